The Labute approximate surface area is 214 Å². The van der Waals surface area contributed by atoms with E-state index in [0.29, 0.717) is 13.0 Å². The summed E-state index contributed by atoms with van der Waals surface area (Å²) < 4.78 is 0. The second-order valence-corrected chi connectivity index (χ2v) is 8.73. The fourth-order valence-corrected chi connectivity index (χ4v) is 3.84. The third-order valence-corrected chi connectivity index (χ3v) is 5.49. The molecule has 4 N–H and O–H groups in total. The van der Waals surface area contributed by atoms with Crippen LogP contribution in [0.2, 0.25) is 0 Å². The Morgan fingerprint density at radius 3 is 2.09 bits per heavy atom. The van der Waals surface area contributed by atoms with Crippen molar-refractivity contribution in [2.24, 2.45) is 11.5 Å². The zero-order valence-corrected chi connectivity index (χ0v) is 22.1. The van der Waals surface area contributed by atoms with Crippen LogP contribution in [0.3, 0.4) is 0 Å². The van der Waals surface area contributed by atoms with Gasteiger partial charge in [-0.1, -0.05) is 74.0 Å². The molecule has 0 saturated carbocycles. The monoisotopic (exact) mass is 508 g/mol. The van der Waals surface area contributed by atoms with Crippen molar-refractivity contribution in [1.29, 1.82) is 0 Å². The molecule has 8 heteroatoms. The molecule has 1 fully saturated rings. The second kappa shape index (κ2) is 15.7. The van der Waals surface area contributed by atoms with Crippen LogP contribution >= 0.6 is 23.2 Å². The van der Waals surface area contributed by atoms with E-state index in [1.165, 1.54) is 0 Å². The number of nitrogens with two attached hydrogens (primary N) is 2. The Morgan fingerprint density at radius 1 is 0.941 bits per heavy atom. The zero-order chi connectivity index (χ0) is 25.7. The summed E-state index contributed by atoms with van der Waals surface area (Å²) in [6.45, 7) is 8.75. The molecule has 0 spiro atoms. The number of amides is 2. The summed E-state index contributed by atoms with van der Waals surface area (Å²) in [5, 5.41) is 0.194. The third-order valence-electron chi connectivity index (χ3n) is 5.49. The number of carbonyl (C=O) groups excluding carboxylic acids is 2. The Hall–Kier alpha value is -2.12. The zero-order valence-electron chi connectivity index (χ0n) is 20.6. The van der Waals surface area contributed by atoms with Crippen LogP contribution in [-0.4, -0.2) is 58.2 Å². The van der Waals surface area contributed by atoms with E-state index in [0.717, 1.165) is 16.7 Å². The highest BCUT2D eigenvalue weighted by Crippen LogP contribution is 2.24. The fourth-order valence-electron chi connectivity index (χ4n) is 3.84. The standard InChI is InChI=1S/C23H30N4O2.C2H6.CH2Cl2/c1-16-7-6-10-19(11-16)12-21-23(29)26(14-18-8-4-3-5-9-18)17(2)22(28)27(21)15-20(25)13-24;1-2;2-1-3/h3-11,17,20-21H,12-15,24-25H2,1-2H3;1-2H3;1H2. The normalized spacial score (nSPS) is 18.5. The molecule has 2 aromatic carbocycles. The number of alkyl halides is 2. The maximum atomic E-state index is 13.5. The van der Waals surface area contributed by atoms with Gasteiger partial charge in [0.25, 0.3) is 0 Å². The number of aryl methyl sites for hydroxylation is 1. The van der Waals surface area contributed by atoms with Gasteiger partial charge in [0.2, 0.25) is 11.8 Å². The van der Waals surface area contributed by atoms with Crippen LogP contribution < -0.4 is 11.5 Å². The fraction of sp³-hybridized carbons (Fsp3) is 0.462. The van der Waals surface area contributed by atoms with Crippen molar-refractivity contribution >= 4 is 35.0 Å². The molecular formula is C26H38Cl2N4O2. The summed E-state index contributed by atoms with van der Waals surface area (Å²) >= 11 is 9.53. The van der Waals surface area contributed by atoms with Crippen LogP contribution in [0.1, 0.15) is 37.5 Å². The number of benzene rings is 2. The SMILES string of the molecule is CC.Cc1cccc(CC2C(=O)N(Cc3ccccc3)C(C)C(=O)N2CC(N)CN)c1.ClCCl. The quantitative estimate of drug-likeness (QED) is 0.554. The molecule has 0 radical (unpaired) electrons. The first kappa shape index (κ1) is 29.9. The lowest BCUT2D eigenvalue weighted by molar-refractivity contribution is -0.161. The number of nitrogens with zero attached hydrogens (tertiary/aromatic N) is 2. The average Bonchev–Trinajstić information content (AvgIpc) is 2.85. The molecule has 188 valence electrons. The second-order valence-electron chi connectivity index (χ2n) is 7.92. The molecular weight excluding hydrogens is 471 g/mol. The van der Waals surface area contributed by atoms with Gasteiger partial charge in [0.15, 0.2) is 0 Å². The first-order valence-electron chi connectivity index (χ1n) is 11.6. The van der Waals surface area contributed by atoms with Crippen LogP contribution in [0, 0.1) is 6.92 Å². The average molecular weight is 510 g/mol. The Bertz CT molecular complexity index is 882. The Kier molecular flexibility index (Phi) is 13.8. The maximum Gasteiger partial charge on any atom is 0.246 e. The number of hydrogen-bond acceptors (Lipinski definition) is 4. The van der Waals surface area contributed by atoms with Gasteiger partial charge in [-0.25, -0.2) is 0 Å². The van der Waals surface area contributed by atoms with Crippen LogP contribution in [0.5, 0.6) is 0 Å². The van der Waals surface area contributed by atoms with Gasteiger partial charge in [-0.15, -0.1) is 23.2 Å². The van der Waals surface area contributed by atoms with Crippen molar-refractivity contribution in [2.75, 3.05) is 18.4 Å². The highest BCUT2D eigenvalue weighted by Gasteiger charge is 2.44. The largest absolute Gasteiger partial charge is 0.329 e. The van der Waals surface area contributed by atoms with Crippen molar-refractivity contribution in [2.45, 2.75) is 58.8 Å². The summed E-state index contributed by atoms with van der Waals surface area (Å²) in [6.07, 6.45) is 0.460. The summed E-state index contributed by atoms with van der Waals surface area (Å²) in [5.74, 6) is -0.131. The van der Waals surface area contributed by atoms with E-state index in [-0.39, 0.29) is 36.3 Å². The number of carbonyl (C=O) groups is 2. The molecule has 0 bridgehead atoms. The van der Waals surface area contributed by atoms with Gasteiger partial charge in [0.1, 0.15) is 12.1 Å². The van der Waals surface area contributed by atoms with Gasteiger partial charge in [-0.2, -0.15) is 0 Å². The van der Waals surface area contributed by atoms with Crippen molar-refractivity contribution < 1.29 is 9.59 Å². The summed E-state index contributed by atoms with van der Waals surface area (Å²) in [4.78, 5) is 30.1. The molecule has 1 heterocycles. The molecule has 0 aliphatic carbocycles. The molecule has 3 rings (SSSR count). The van der Waals surface area contributed by atoms with E-state index in [4.69, 9.17) is 34.7 Å². The molecule has 1 aliphatic heterocycles. The highest BCUT2D eigenvalue weighted by atomic mass is 35.5. The van der Waals surface area contributed by atoms with Crippen molar-refractivity contribution in [1.82, 2.24) is 9.80 Å². The number of rotatable bonds is 7. The summed E-state index contributed by atoms with van der Waals surface area (Å²) in [7, 11) is 0. The van der Waals surface area contributed by atoms with Crippen molar-refractivity contribution in [3.05, 3.63) is 71.3 Å². The minimum absolute atomic E-state index is 0.0494. The Morgan fingerprint density at radius 2 is 1.53 bits per heavy atom. The molecule has 0 aromatic heterocycles. The van der Waals surface area contributed by atoms with E-state index in [1.54, 1.807) is 16.7 Å². The van der Waals surface area contributed by atoms with E-state index < -0.39 is 12.1 Å². The van der Waals surface area contributed by atoms with Gasteiger partial charge in [0.05, 0.1) is 5.34 Å². The van der Waals surface area contributed by atoms with Gasteiger partial charge >= 0.3 is 0 Å². The lowest BCUT2D eigenvalue weighted by atomic mass is 9.96. The number of piperazine rings is 1. The third kappa shape index (κ3) is 8.58. The molecule has 1 saturated heterocycles. The molecule has 3 atom stereocenters. The minimum Gasteiger partial charge on any atom is -0.329 e. The predicted octanol–water partition coefficient (Wildman–Crippen LogP) is 3.90. The minimum atomic E-state index is -0.582. The van der Waals surface area contributed by atoms with E-state index in [9.17, 15) is 9.59 Å². The van der Waals surface area contributed by atoms with Gasteiger partial charge in [0, 0.05) is 32.1 Å². The topological polar surface area (TPSA) is 92.7 Å². The number of hydrogen-bond donors (Lipinski definition) is 2. The molecule has 2 aromatic rings. The van der Waals surface area contributed by atoms with Crippen LogP contribution in [-0.2, 0) is 22.6 Å². The Balaban J connectivity index is 0.00000107. The van der Waals surface area contributed by atoms with Crippen LogP contribution in [0.25, 0.3) is 0 Å². The van der Waals surface area contributed by atoms with Gasteiger partial charge in [-0.05, 0) is 25.0 Å². The lowest BCUT2D eigenvalue weighted by Gasteiger charge is -2.45. The van der Waals surface area contributed by atoms with Gasteiger partial charge in [-0.3, -0.25) is 9.59 Å². The van der Waals surface area contributed by atoms with E-state index >= 15 is 0 Å². The maximum absolute atomic E-state index is 13.5. The molecule has 1 aliphatic rings. The van der Waals surface area contributed by atoms with Crippen molar-refractivity contribution in [3.8, 4) is 0 Å². The summed E-state index contributed by atoms with van der Waals surface area (Å²) in [6, 6.07) is 16.3. The molecule has 3 unspecified atom stereocenters. The first-order chi connectivity index (χ1) is 16.3. The van der Waals surface area contributed by atoms with E-state index in [1.807, 2.05) is 69.3 Å². The molecule has 6 nitrogen and oxygen atoms in total. The molecule has 2 amide bonds. The molecule has 34 heavy (non-hydrogen) atoms. The smallest absolute Gasteiger partial charge is 0.246 e. The summed E-state index contributed by atoms with van der Waals surface area (Å²) in [5.41, 5.74) is 14.9. The van der Waals surface area contributed by atoms with Gasteiger partial charge < -0.3 is 21.3 Å². The lowest BCUT2D eigenvalue weighted by Crippen LogP contribution is -2.66. The van der Waals surface area contributed by atoms with E-state index in [2.05, 4.69) is 6.07 Å². The predicted molar refractivity (Wildman–Crippen MR) is 142 cm³/mol. The van der Waals surface area contributed by atoms with Crippen LogP contribution in [0.4, 0.5) is 0 Å². The van der Waals surface area contributed by atoms with Crippen LogP contribution in [0.15, 0.2) is 54.6 Å². The first-order valence-corrected chi connectivity index (χ1v) is 12.7. The highest BCUT2D eigenvalue weighted by molar-refractivity contribution is 6.40. The number of halogens is 2. The van der Waals surface area contributed by atoms with Crippen molar-refractivity contribution in [3.63, 3.8) is 0 Å².